The van der Waals surface area contributed by atoms with E-state index in [4.69, 9.17) is 28.4 Å². The summed E-state index contributed by atoms with van der Waals surface area (Å²) in [5.74, 6) is -3.71. The normalized spacial score (nSPS) is 23.9. The summed E-state index contributed by atoms with van der Waals surface area (Å²) >= 11 is 0. The zero-order valence-electron chi connectivity index (χ0n) is 19.3. The third-order valence-corrected chi connectivity index (χ3v) is 4.55. The molecule has 2 rings (SSSR count). The minimum atomic E-state index is -1.46. The van der Waals surface area contributed by atoms with Crippen LogP contribution in [0.15, 0.2) is 18.2 Å². The summed E-state index contributed by atoms with van der Waals surface area (Å²) in [6, 6.07) is 3.83. The van der Waals surface area contributed by atoms with Gasteiger partial charge in [0.05, 0.1) is 5.56 Å². The monoisotopic (exact) mass is 482 g/mol. The Labute approximate surface area is 195 Å². The molecule has 0 aliphatic carbocycles. The minimum Gasteiger partial charge on any atom is -0.507 e. The number of carbonyl (C=O) groups excluding carboxylic acids is 5. The maximum Gasteiger partial charge on any atom is 0.303 e. The fourth-order valence-corrected chi connectivity index (χ4v) is 3.30. The summed E-state index contributed by atoms with van der Waals surface area (Å²) in [4.78, 5) is 58.3. The van der Waals surface area contributed by atoms with Crippen LogP contribution in [0.4, 0.5) is 0 Å². The fourth-order valence-electron chi connectivity index (χ4n) is 3.30. The number of phenolic OH excluding ortho intramolecular Hbond substituents is 1. The molecular formula is C22H26O12. The first kappa shape index (κ1) is 26.6. The number of Topliss-reactive ketones (excluding diaryl/α,β-unsaturated/α-hetero) is 1. The van der Waals surface area contributed by atoms with E-state index in [0.717, 1.165) is 33.8 Å². The molecule has 0 radical (unpaired) electrons. The van der Waals surface area contributed by atoms with Gasteiger partial charge in [-0.1, -0.05) is 0 Å². The van der Waals surface area contributed by atoms with E-state index in [1.165, 1.54) is 19.1 Å². The molecule has 0 spiro atoms. The van der Waals surface area contributed by atoms with Crippen molar-refractivity contribution >= 4 is 29.7 Å². The van der Waals surface area contributed by atoms with E-state index >= 15 is 0 Å². The summed E-state index contributed by atoms with van der Waals surface area (Å²) in [5, 5.41) is 10.1. The number of hydrogen-bond acceptors (Lipinski definition) is 12. The average Bonchev–Trinajstić information content (AvgIpc) is 2.69. The van der Waals surface area contributed by atoms with Crippen molar-refractivity contribution in [2.75, 3.05) is 6.61 Å². The zero-order chi connectivity index (χ0) is 25.6. The van der Waals surface area contributed by atoms with Crippen molar-refractivity contribution in [1.82, 2.24) is 0 Å². The van der Waals surface area contributed by atoms with Gasteiger partial charge in [-0.05, 0) is 19.1 Å². The Bertz CT molecular complexity index is 955. The van der Waals surface area contributed by atoms with E-state index in [1.54, 1.807) is 0 Å². The molecule has 1 heterocycles. The highest BCUT2D eigenvalue weighted by Gasteiger charge is 2.53. The Morgan fingerprint density at radius 1 is 0.824 bits per heavy atom. The van der Waals surface area contributed by atoms with Crippen molar-refractivity contribution in [2.24, 2.45) is 0 Å². The van der Waals surface area contributed by atoms with Crippen LogP contribution in [0.3, 0.4) is 0 Å². The van der Waals surface area contributed by atoms with Gasteiger partial charge in [0.15, 0.2) is 18.0 Å². The molecule has 12 heteroatoms. The number of aromatic hydroxyl groups is 1. The van der Waals surface area contributed by atoms with Crippen LogP contribution in [0.2, 0.25) is 0 Å². The number of phenols is 1. The van der Waals surface area contributed by atoms with Gasteiger partial charge in [-0.15, -0.1) is 0 Å². The molecule has 1 N–H and O–H groups in total. The number of carbonyl (C=O) groups is 5. The average molecular weight is 482 g/mol. The van der Waals surface area contributed by atoms with Crippen LogP contribution in [0.5, 0.6) is 11.5 Å². The van der Waals surface area contributed by atoms with Crippen LogP contribution >= 0.6 is 0 Å². The van der Waals surface area contributed by atoms with Crippen molar-refractivity contribution in [2.45, 2.75) is 65.3 Å². The molecular weight excluding hydrogens is 456 g/mol. The lowest BCUT2D eigenvalue weighted by Crippen LogP contribution is -2.63. The van der Waals surface area contributed by atoms with Gasteiger partial charge in [0.25, 0.3) is 0 Å². The first-order valence-corrected chi connectivity index (χ1v) is 10.2. The predicted octanol–water partition coefficient (Wildman–Crippen LogP) is 1.06. The number of ether oxygens (including phenoxy) is 6. The molecule has 0 amide bonds. The molecule has 0 bridgehead atoms. The molecule has 1 aromatic carbocycles. The van der Waals surface area contributed by atoms with Crippen LogP contribution in [-0.2, 0) is 42.9 Å². The van der Waals surface area contributed by atoms with E-state index in [2.05, 4.69) is 0 Å². The summed E-state index contributed by atoms with van der Waals surface area (Å²) < 4.78 is 32.4. The Balaban J connectivity index is 2.47. The number of ketones is 1. The Morgan fingerprint density at radius 2 is 1.38 bits per heavy atom. The van der Waals surface area contributed by atoms with Gasteiger partial charge in [0.1, 0.15) is 24.2 Å². The van der Waals surface area contributed by atoms with Crippen molar-refractivity contribution in [3.8, 4) is 11.5 Å². The predicted molar refractivity (Wildman–Crippen MR) is 111 cm³/mol. The molecule has 1 aliphatic rings. The molecule has 1 aliphatic heterocycles. The number of hydrogen-bond donors (Lipinski definition) is 1. The Kier molecular flexibility index (Phi) is 8.96. The second-order valence-corrected chi connectivity index (χ2v) is 7.42. The number of esters is 4. The summed E-state index contributed by atoms with van der Waals surface area (Å²) in [6.45, 7) is 5.32. The van der Waals surface area contributed by atoms with Crippen molar-refractivity contribution < 1.29 is 57.5 Å². The first-order valence-electron chi connectivity index (χ1n) is 10.2. The van der Waals surface area contributed by atoms with E-state index in [9.17, 15) is 29.1 Å². The minimum absolute atomic E-state index is 0.0170. The standard InChI is InChI=1S/C22H26O12/c1-10(23)16-7-6-15(8-17(16)28)33-22-21(32-14(5)27)20(31-13(4)26)19(30-12(3)25)18(34-22)9-29-11(2)24/h6-8,18-22,28H,9H2,1-5H3/t18-,19+,20+,21+,22-/m0/s1. The quantitative estimate of drug-likeness (QED) is 0.319. The van der Waals surface area contributed by atoms with Gasteiger partial charge in [-0.2, -0.15) is 0 Å². The maximum atomic E-state index is 11.8. The molecule has 0 unspecified atom stereocenters. The molecule has 1 aromatic rings. The topological polar surface area (TPSA) is 161 Å². The van der Waals surface area contributed by atoms with Crippen LogP contribution in [0.1, 0.15) is 45.0 Å². The SMILES string of the molecule is CC(=O)OC[C@@H]1O[C@H](Oc2ccc(C(C)=O)c(O)c2)[C@H](OC(C)=O)[C@H](OC(C)=O)[C@@H]1OC(C)=O. The van der Waals surface area contributed by atoms with Gasteiger partial charge in [0.2, 0.25) is 12.4 Å². The molecule has 1 fully saturated rings. The molecule has 1 saturated heterocycles. The highest BCUT2D eigenvalue weighted by atomic mass is 16.7. The largest absolute Gasteiger partial charge is 0.507 e. The summed E-state index contributed by atoms with van der Waals surface area (Å²) in [6.07, 6.45) is -6.77. The van der Waals surface area contributed by atoms with Gasteiger partial charge in [0, 0.05) is 33.8 Å². The van der Waals surface area contributed by atoms with Gasteiger partial charge < -0.3 is 33.5 Å². The van der Waals surface area contributed by atoms with Gasteiger partial charge in [-0.3, -0.25) is 24.0 Å². The van der Waals surface area contributed by atoms with Crippen molar-refractivity contribution in [1.29, 1.82) is 0 Å². The maximum absolute atomic E-state index is 11.8. The number of rotatable bonds is 8. The van der Waals surface area contributed by atoms with E-state index in [0.29, 0.717) is 0 Å². The van der Waals surface area contributed by atoms with E-state index in [1.807, 2.05) is 0 Å². The van der Waals surface area contributed by atoms with Gasteiger partial charge >= 0.3 is 23.9 Å². The zero-order valence-corrected chi connectivity index (χ0v) is 19.3. The van der Waals surface area contributed by atoms with E-state index in [-0.39, 0.29) is 22.8 Å². The smallest absolute Gasteiger partial charge is 0.303 e. The van der Waals surface area contributed by atoms with Crippen molar-refractivity contribution in [3.63, 3.8) is 0 Å². The second kappa shape index (κ2) is 11.5. The second-order valence-electron chi connectivity index (χ2n) is 7.42. The Hall–Kier alpha value is -3.67. The molecule has 186 valence electrons. The van der Waals surface area contributed by atoms with Gasteiger partial charge in [-0.25, -0.2) is 0 Å². The molecule has 5 atom stereocenters. The summed E-state index contributed by atoms with van der Waals surface area (Å²) in [5.41, 5.74) is 0.0499. The van der Waals surface area contributed by atoms with Crippen LogP contribution in [-0.4, -0.2) is 72.1 Å². The van der Waals surface area contributed by atoms with Crippen LogP contribution in [0, 0.1) is 0 Å². The van der Waals surface area contributed by atoms with Crippen LogP contribution < -0.4 is 4.74 Å². The first-order chi connectivity index (χ1) is 15.9. The molecule has 12 nitrogen and oxygen atoms in total. The third-order valence-electron chi connectivity index (χ3n) is 4.55. The lowest BCUT2D eigenvalue weighted by molar-refractivity contribution is -0.288. The Morgan fingerprint density at radius 3 is 1.88 bits per heavy atom. The molecule has 0 saturated carbocycles. The van der Waals surface area contributed by atoms with Crippen LogP contribution in [0.25, 0.3) is 0 Å². The molecule has 0 aromatic heterocycles. The number of benzene rings is 1. The van der Waals surface area contributed by atoms with Crippen molar-refractivity contribution in [3.05, 3.63) is 23.8 Å². The fraction of sp³-hybridized carbons (Fsp3) is 0.500. The van der Waals surface area contributed by atoms with E-state index < -0.39 is 61.2 Å². The summed E-state index contributed by atoms with van der Waals surface area (Å²) in [7, 11) is 0. The highest BCUT2D eigenvalue weighted by molar-refractivity contribution is 5.96. The lowest BCUT2D eigenvalue weighted by atomic mass is 9.98. The highest BCUT2D eigenvalue weighted by Crippen LogP contribution is 2.32. The third kappa shape index (κ3) is 7.17. The molecule has 34 heavy (non-hydrogen) atoms. The lowest BCUT2D eigenvalue weighted by Gasteiger charge is -2.43.